The van der Waals surface area contributed by atoms with Gasteiger partial charge in [0.25, 0.3) is 0 Å². The second-order valence-corrected chi connectivity index (χ2v) is 5.07. The van der Waals surface area contributed by atoms with Gasteiger partial charge < -0.3 is 5.11 Å². The molecule has 1 atom stereocenters. The summed E-state index contributed by atoms with van der Waals surface area (Å²) in [6, 6.07) is 10.3. The van der Waals surface area contributed by atoms with E-state index in [0.29, 0.717) is 0 Å². The Bertz CT molecular complexity index is 298. The third kappa shape index (κ3) is 2.40. The Morgan fingerprint density at radius 1 is 1.20 bits per heavy atom. The molecule has 1 saturated carbocycles. The lowest BCUT2D eigenvalue weighted by atomic mass is 9.80. The average Bonchev–Trinajstić information content (AvgIpc) is 2.68. The smallest absolute Gasteiger partial charge is 0.0634 e. The van der Waals surface area contributed by atoms with Crippen LogP contribution in [0.25, 0.3) is 0 Å². The van der Waals surface area contributed by atoms with Crippen molar-refractivity contribution < 1.29 is 5.11 Å². The highest BCUT2D eigenvalue weighted by Crippen LogP contribution is 2.41. The third-order valence-corrected chi connectivity index (χ3v) is 3.82. The zero-order chi connectivity index (χ0) is 10.7. The number of hydrogen-bond acceptors (Lipinski definition) is 1. The normalized spacial score (nSPS) is 21.5. The van der Waals surface area contributed by atoms with Crippen molar-refractivity contribution in [2.75, 3.05) is 0 Å². The highest BCUT2D eigenvalue weighted by molar-refractivity contribution is 5.16. The van der Waals surface area contributed by atoms with E-state index >= 15 is 0 Å². The number of benzene rings is 1. The second-order valence-electron chi connectivity index (χ2n) is 5.07. The van der Waals surface area contributed by atoms with E-state index in [2.05, 4.69) is 19.1 Å². The molecule has 1 aromatic rings. The molecule has 1 fully saturated rings. The van der Waals surface area contributed by atoms with Crippen LogP contribution in [-0.2, 0) is 6.42 Å². The van der Waals surface area contributed by atoms with Crippen LogP contribution in [0.4, 0.5) is 0 Å². The zero-order valence-corrected chi connectivity index (χ0v) is 9.45. The Kier molecular flexibility index (Phi) is 3.11. The summed E-state index contributed by atoms with van der Waals surface area (Å²) in [7, 11) is 0. The van der Waals surface area contributed by atoms with Crippen molar-refractivity contribution in [2.24, 2.45) is 5.41 Å². The Morgan fingerprint density at radius 3 is 2.40 bits per heavy atom. The van der Waals surface area contributed by atoms with Gasteiger partial charge in [0.15, 0.2) is 0 Å². The quantitative estimate of drug-likeness (QED) is 0.801. The van der Waals surface area contributed by atoms with Crippen LogP contribution in [-0.4, -0.2) is 11.2 Å². The van der Waals surface area contributed by atoms with Crippen molar-refractivity contribution >= 4 is 0 Å². The summed E-state index contributed by atoms with van der Waals surface area (Å²) in [4.78, 5) is 0. The van der Waals surface area contributed by atoms with Crippen molar-refractivity contribution in [1.29, 1.82) is 0 Å². The van der Waals surface area contributed by atoms with Crippen molar-refractivity contribution in [1.82, 2.24) is 0 Å². The van der Waals surface area contributed by atoms with Crippen LogP contribution in [0.15, 0.2) is 30.3 Å². The van der Waals surface area contributed by atoms with Gasteiger partial charge in [-0.2, -0.15) is 0 Å². The van der Waals surface area contributed by atoms with Crippen molar-refractivity contribution in [2.45, 2.75) is 45.1 Å². The van der Waals surface area contributed by atoms with E-state index < -0.39 is 0 Å². The summed E-state index contributed by atoms with van der Waals surface area (Å²) < 4.78 is 0. The van der Waals surface area contributed by atoms with Gasteiger partial charge in [0.2, 0.25) is 0 Å². The minimum absolute atomic E-state index is 0.163. The van der Waals surface area contributed by atoms with E-state index in [1.165, 1.54) is 31.2 Å². The van der Waals surface area contributed by atoms with Gasteiger partial charge in [0, 0.05) is 0 Å². The van der Waals surface area contributed by atoms with Gasteiger partial charge >= 0.3 is 0 Å². The molecule has 0 aromatic heterocycles. The number of aliphatic hydroxyl groups is 1. The molecule has 0 amide bonds. The zero-order valence-electron chi connectivity index (χ0n) is 9.45. The maximum Gasteiger partial charge on any atom is 0.0634 e. The fourth-order valence-electron chi connectivity index (χ4n) is 2.60. The van der Waals surface area contributed by atoms with Gasteiger partial charge in [-0.3, -0.25) is 0 Å². The topological polar surface area (TPSA) is 20.2 Å². The first-order valence-electron chi connectivity index (χ1n) is 5.93. The van der Waals surface area contributed by atoms with Crippen LogP contribution in [0.3, 0.4) is 0 Å². The molecule has 0 radical (unpaired) electrons. The number of rotatable bonds is 3. The van der Waals surface area contributed by atoms with E-state index in [1.807, 2.05) is 18.2 Å². The van der Waals surface area contributed by atoms with Crippen LogP contribution in [0.5, 0.6) is 0 Å². The summed E-state index contributed by atoms with van der Waals surface area (Å²) in [6.07, 6.45) is 5.55. The SMILES string of the molecule is CC1(C(O)Cc2ccccc2)CCCC1. The predicted molar refractivity (Wildman–Crippen MR) is 62.7 cm³/mol. The van der Waals surface area contributed by atoms with E-state index in [9.17, 15) is 5.11 Å². The molecule has 0 aliphatic heterocycles. The Balaban J connectivity index is 2.00. The number of aliphatic hydroxyl groups excluding tert-OH is 1. The minimum Gasteiger partial charge on any atom is -0.392 e. The van der Waals surface area contributed by atoms with Crippen LogP contribution in [0.1, 0.15) is 38.2 Å². The van der Waals surface area contributed by atoms with Crippen molar-refractivity contribution in [3.05, 3.63) is 35.9 Å². The molecule has 15 heavy (non-hydrogen) atoms. The summed E-state index contributed by atoms with van der Waals surface area (Å²) >= 11 is 0. The molecule has 1 aliphatic rings. The largest absolute Gasteiger partial charge is 0.392 e. The van der Waals surface area contributed by atoms with Gasteiger partial charge in [-0.1, -0.05) is 50.1 Å². The van der Waals surface area contributed by atoms with E-state index in [4.69, 9.17) is 0 Å². The lowest BCUT2D eigenvalue weighted by Gasteiger charge is -2.30. The molecule has 1 aliphatic carbocycles. The first kappa shape index (κ1) is 10.7. The van der Waals surface area contributed by atoms with E-state index in [-0.39, 0.29) is 11.5 Å². The average molecular weight is 204 g/mol. The highest BCUT2D eigenvalue weighted by atomic mass is 16.3. The molecular weight excluding hydrogens is 184 g/mol. The Morgan fingerprint density at radius 2 is 1.80 bits per heavy atom. The summed E-state index contributed by atoms with van der Waals surface area (Å²) in [5.41, 5.74) is 1.41. The van der Waals surface area contributed by atoms with E-state index in [1.54, 1.807) is 0 Å². The number of hydrogen-bond donors (Lipinski definition) is 1. The summed E-state index contributed by atoms with van der Waals surface area (Å²) in [5.74, 6) is 0. The van der Waals surface area contributed by atoms with Crippen molar-refractivity contribution in [3.8, 4) is 0 Å². The van der Waals surface area contributed by atoms with Gasteiger partial charge in [0.05, 0.1) is 6.10 Å². The monoisotopic (exact) mass is 204 g/mol. The lowest BCUT2D eigenvalue weighted by molar-refractivity contribution is 0.0424. The predicted octanol–water partition coefficient (Wildman–Crippen LogP) is 3.17. The molecule has 0 bridgehead atoms. The first-order chi connectivity index (χ1) is 7.21. The van der Waals surface area contributed by atoms with Crippen LogP contribution >= 0.6 is 0 Å². The Hall–Kier alpha value is -0.820. The molecule has 1 unspecified atom stereocenters. The first-order valence-corrected chi connectivity index (χ1v) is 5.93. The fraction of sp³-hybridized carbons (Fsp3) is 0.571. The molecule has 1 N–H and O–H groups in total. The minimum atomic E-state index is -0.178. The maximum atomic E-state index is 10.3. The van der Waals surface area contributed by atoms with Crippen LogP contribution in [0, 0.1) is 5.41 Å². The molecule has 0 spiro atoms. The molecule has 0 saturated heterocycles. The molecule has 0 heterocycles. The van der Waals surface area contributed by atoms with Crippen LogP contribution < -0.4 is 0 Å². The van der Waals surface area contributed by atoms with Gasteiger partial charge in [-0.25, -0.2) is 0 Å². The van der Waals surface area contributed by atoms with E-state index in [0.717, 1.165) is 6.42 Å². The van der Waals surface area contributed by atoms with Gasteiger partial charge in [-0.05, 0) is 30.2 Å². The maximum absolute atomic E-state index is 10.3. The molecule has 1 nitrogen and oxygen atoms in total. The summed E-state index contributed by atoms with van der Waals surface area (Å²) in [5, 5.41) is 10.3. The lowest BCUT2D eigenvalue weighted by Crippen LogP contribution is -2.31. The van der Waals surface area contributed by atoms with Crippen LogP contribution in [0.2, 0.25) is 0 Å². The van der Waals surface area contributed by atoms with Crippen molar-refractivity contribution in [3.63, 3.8) is 0 Å². The highest BCUT2D eigenvalue weighted by Gasteiger charge is 2.35. The second kappa shape index (κ2) is 4.36. The van der Waals surface area contributed by atoms with Gasteiger partial charge in [-0.15, -0.1) is 0 Å². The van der Waals surface area contributed by atoms with Gasteiger partial charge in [0.1, 0.15) is 0 Å². The third-order valence-electron chi connectivity index (χ3n) is 3.82. The molecular formula is C14H20O. The fourth-order valence-corrected chi connectivity index (χ4v) is 2.60. The molecule has 2 rings (SSSR count). The standard InChI is InChI=1S/C14H20O/c1-14(9-5-6-10-14)13(15)11-12-7-3-2-4-8-12/h2-4,7-8,13,15H,5-6,9-11H2,1H3. The summed E-state index contributed by atoms with van der Waals surface area (Å²) in [6.45, 7) is 2.23. The Labute approximate surface area is 92.1 Å². The molecule has 82 valence electrons. The molecule has 1 aromatic carbocycles. The molecule has 1 heteroatoms.